The molecule has 4 heteroatoms. The van der Waals surface area contributed by atoms with Crippen molar-refractivity contribution in [2.75, 3.05) is 13.2 Å². The van der Waals surface area contributed by atoms with E-state index in [1.165, 1.54) is 0 Å². The lowest BCUT2D eigenvalue weighted by molar-refractivity contribution is -0.141. The molecular formula is C9H15O4. The maximum Gasteiger partial charge on any atom is 0.306 e. The smallest absolute Gasteiger partial charge is 0.306 e. The Morgan fingerprint density at radius 2 is 2.46 bits per heavy atom. The van der Waals surface area contributed by atoms with E-state index in [0.29, 0.717) is 13.0 Å². The van der Waals surface area contributed by atoms with Crippen molar-refractivity contribution in [3.63, 3.8) is 0 Å². The molecule has 0 amide bonds. The van der Waals surface area contributed by atoms with E-state index >= 15 is 0 Å². The molecule has 1 aliphatic rings. The second-order valence-corrected chi connectivity index (χ2v) is 3.37. The highest BCUT2D eigenvalue weighted by atomic mass is 16.6. The number of aliphatic carboxylic acids is 1. The molecule has 1 heterocycles. The van der Waals surface area contributed by atoms with Crippen LogP contribution in [-0.4, -0.2) is 36.5 Å². The monoisotopic (exact) mass is 187 g/mol. The Hall–Kier alpha value is -0.610. The third kappa shape index (κ3) is 4.24. The minimum absolute atomic E-state index is 0.0669. The number of hydrogen-bond acceptors (Lipinski definition) is 3. The molecule has 1 fully saturated rings. The zero-order valence-corrected chi connectivity index (χ0v) is 7.73. The van der Waals surface area contributed by atoms with E-state index in [1.54, 1.807) is 0 Å². The summed E-state index contributed by atoms with van der Waals surface area (Å²) in [5.74, 6) is -1.46. The molecule has 75 valence electrons. The summed E-state index contributed by atoms with van der Waals surface area (Å²) in [6, 6.07) is 0. The lowest BCUT2D eigenvalue weighted by atomic mass is 10.1. The first-order chi connectivity index (χ1) is 6.09. The number of carboxylic acids is 1. The SMILES string of the molecule is [CH2]C(CC(C)OCC1CO1)C(=O)O. The van der Waals surface area contributed by atoms with Crippen molar-refractivity contribution in [2.24, 2.45) is 5.92 Å². The van der Waals surface area contributed by atoms with Gasteiger partial charge in [-0.25, -0.2) is 0 Å². The standard InChI is InChI=1S/C9H15O4/c1-6(9(10)11)3-7(2)12-4-8-5-13-8/h6-8H,1,3-5H2,2H3,(H,10,11). The van der Waals surface area contributed by atoms with Crippen molar-refractivity contribution in [1.82, 2.24) is 0 Å². The molecule has 1 aliphatic heterocycles. The molecule has 0 saturated carbocycles. The van der Waals surface area contributed by atoms with Crippen molar-refractivity contribution in [3.05, 3.63) is 6.92 Å². The van der Waals surface area contributed by atoms with Crippen LogP contribution in [0.3, 0.4) is 0 Å². The number of hydrogen-bond donors (Lipinski definition) is 1. The van der Waals surface area contributed by atoms with E-state index in [2.05, 4.69) is 6.92 Å². The molecule has 1 rings (SSSR count). The molecule has 13 heavy (non-hydrogen) atoms. The van der Waals surface area contributed by atoms with Crippen LogP contribution in [0.5, 0.6) is 0 Å². The van der Waals surface area contributed by atoms with Gasteiger partial charge in [-0.3, -0.25) is 4.79 Å². The molecule has 0 bridgehead atoms. The van der Waals surface area contributed by atoms with Gasteiger partial charge in [0.05, 0.1) is 25.2 Å². The number of carbonyl (C=O) groups is 1. The Labute approximate surface area is 77.8 Å². The predicted molar refractivity (Wildman–Crippen MR) is 46.3 cm³/mol. The average molecular weight is 187 g/mol. The number of epoxide rings is 1. The molecule has 1 N–H and O–H groups in total. The van der Waals surface area contributed by atoms with Gasteiger partial charge in [0.1, 0.15) is 6.10 Å². The zero-order chi connectivity index (χ0) is 9.84. The number of ether oxygens (including phenoxy) is 2. The summed E-state index contributed by atoms with van der Waals surface area (Å²) in [6.45, 7) is 6.69. The van der Waals surface area contributed by atoms with Gasteiger partial charge in [-0.1, -0.05) is 0 Å². The van der Waals surface area contributed by atoms with Gasteiger partial charge >= 0.3 is 5.97 Å². The second kappa shape index (κ2) is 4.58. The molecule has 0 aromatic rings. The van der Waals surface area contributed by atoms with E-state index in [1.807, 2.05) is 6.92 Å². The van der Waals surface area contributed by atoms with Gasteiger partial charge in [0.15, 0.2) is 0 Å². The van der Waals surface area contributed by atoms with Crippen LogP contribution >= 0.6 is 0 Å². The van der Waals surface area contributed by atoms with Crippen molar-refractivity contribution in [2.45, 2.75) is 25.6 Å². The van der Waals surface area contributed by atoms with Crippen LogP contribution in [0.4, 0.5) is 0 Å². The maximum atomic E-state index is 10.4. The average Bonchev–Trinajstić information content (AvgIpc) is 2.83. The Morgan fingerprint density at radius 1 is 1.85 bits per heavy atom. The van der Waals surface area contributed by atoms with Gasteiger partial charge in [-0.05, 0) is 20.3 Å². The normalized spacial score (nSPS) is 25.2. The lowest BCUT2D eigenvalue weighted by Gasteiger charge is -2.14. The molecule has 3 atom stereocenters. The molecular weight excluding hydrogens is 172 g/mol. The summed E-state index contributed by atoms with van der Waals surface area (Å²) >= 11 is 0. The molecule has 3 unspecified atom stereocenters. The Morgan fingerprint density at radius 3 is 2.92 bits per heavy atom. The van der Waals surface area contributed by atoms with Gasteiger partial charge in [-0.2, -0.15) is 0 Å². The van der Waals surface area contributed by atoms with Crippen LogP contribution in [0.1, 0.15) is 13.3 Å². The lowest BCUT2D eigenvalue weighted by Crippen LogP contribution is -2.20. The maximum absolute atomic E-state index is 10.4. The third-order valence-corrected chi connectivity index (χ3v) is 1.93. The van der Waals surface area contributed by atoms with Gasteiger partial charge in [0.25, 0.3) is 0 Å². The molecule has 0 spiro atoms. The first kappa shape index (κ1) is 10.5. The molecule has 0 aliphatic carbocycles. The Bertz CT molecular complexity index is 176. The Kier molecular flexibility index (Phi) is 3.69. The first-order valence-corrected chi connectivity index (χ1v) is 4.38. The van der Waals surface area contributed by atoms with Crippen molar-refractivity contribution < 1.29 is 19.4 Å². The highest BCUT2D eigenvalue weighted by molar-refractivity contribution is 5.70. The van der Waals surface area contributed by atoms with Crippen LogP contribution < -0.4 is 0 Å². The second-order valence-electron chi connectivity index (χ2n) is 3.37. The molecule has 0 aromatic heterocycles. The summed E-state index contributed by atoms with van der Waals surface area (Å²) in [5.41, 5.74) is 0. The quantitative estimate of drug-likeness (QED) is 0.622. The zero-order valence-electron chi connectivity index (χ0n) is 7.73. The molecule has 1 radical (unpaired) electrons. The minimum atomic E-state index is -0.877. The molecule has 1 saturated heterocycles. The number of carboxylic acid groups (broad SMARTS) is 1. The fraction of sp³-hybridized carbons (Fsp3) is 0.778. The van der Waals surface area contributed by atoms with Crippen LogP contribution in [0.15, 0.2) is 0 Å². The van der Waals surface area contributed by atoms with E-state index in [9.17, 15) is 4.79 Å². The third-order valence-electron chi connectivity index (χ3n) is 1.93. The fourth-order valence-electron chi connectivity index (χ4n) is 1.01. The fourth-order valence-corrected chi connectivity index (χ4v) is 1.01. The van der Waals surface area contributed by atoms with Gasteiger partial charge < -0.3 is 14.6 Å². The summed E-state index contributed by atoms with van der Waals surface area (Å²) < 4.78 is 10.3. The first-order valence-electron chi connectivity index (χ1n) is 4.38. The van der Waals surface area contributed by atoms with Crippen molar-refractivity contribution in [3.8, 4) is 0 Å². The summed E-state index contributed by atoms with van der Waals surface area (Å²) in [5, 5.41) is 8.58. The predicted octanol–water partition coefficient (Wildman–Crippen LogP) is 0.715. The minimum Gasteiger partial charge on any atom is -0.481 e. The molecule has 0 aromatic carbocycles. The van der Waals surface area contributed by atoms with Gasteiger partial charge in [0, 0.05) is 0 Å². The van der Waals surface area contributed by atoms with Crippen LogP contribution in [0.2, 0.25) is 0 Å². The topological polar surface area (TPSA) is 59.1 Å². The molecule has 4 nitrogen and oxygen atoms in total. The van der Waals surface area contributed by atoms with Crippen LogP contribution in [0.25, 0.3) is 0 Å². The highest BCUT2D eigenvalue weighted by Crippen LogP contribution is 2.13. The van der Waals surface area contributed by atoms with Gasteiger partial charge in [0.2, 0.25) is 0 Å². The van der Waals surface area contributed by atoms with E-state index in [0.717, 1.165) is 6.61 Å². The van der Waals surface area contributed by atoms with E-state index < -0.39 is 11.9 Å². The van der Waals surface area contributed by atoms with Crippen molar-refractivity contribution >= 4 is 5.97 Å². The Balaban J connectivity index is 2.07. The van der Waals surface area contributed by atoms with Crippen LogP contribution in [0, 0.1) is 12.8 Å². The van der Waals surface area contributed by atoms with Crippen molar-refractivity contribution in [1.29, 1.82) is 0 Å². The van der Waals surface area contributed by atoms with E-state index in [-0.39, 0.29) is 12.2 Å². The summed E-state index contributed by atoms with van der Waals surface area (Å²) in [7, 11) is 0. The summed E-state index contributed by atoms with van der Waals surface area (Å²) in [6.07, 6.45) is 0.612. The number of rotatable bonds is 6. The van der Waals surface area contributed by atoms with Crippen LogP contribution in [-0.2, 0) is 14.3 Å². The highest BCUT2D eigenvalue weighted by Gasteiger charge is 2.24. The van der Waals surface area contributed by atoms with Gasteiger partial charge in [-0.15, -0.1) is 0 Å². The largest absolute Gasteiger partial charge is 0.481 e. The summed E-state index contributed by atoms with van der Waals surface area (Å²) in [4.78, 5) is 10.4. The van der Waals surface area contributed by atoms with E-state index in [4.69, 9.17) is 14.6 Å².